The molecule has 7 nitrogen and oxygen atoms in total. The monoisotopic (exact) mass is 396 g/mol. The minimum atomic E-state index is -0.418. The van der Waals surface area contributed by atoms with Gasteiger partial charge in [-0.05, 0) is 42.8 Å². The SMILES string of the molecule is Cc1[nH]c2ccc(F)cc2c1CC(=O)N1CCN(c2ccc([N+](=O)[O-])cc2)CC1. The number of benzene rings is 2. The number of hydrogen-bond donors (Lipinski definition) is 1. The summed E-state index contributed by atoms with van der Waals surface area (Å²) in [7, 11) is 0. The zero-order chi connectivity index (χ0) is 20.5. The molecule has 1 saturated heterocycles. The summed E-state index contributed by atoms with van der Waals surface area (Å²) in [5.41, 5.74) is 3.51. The van der Waals surface area contributed by atoms with Crippen LogP contribution in [0.5, 0.6) is 0 Å². The van der Waals surface area contributed by atoms with Crippen LogP contribution in [0.2, 0.25) is 0 Å². The van der Waals surface area contributed by atoms with E-state index in [0.29, 0.717) is 26.2 Å². The van der Waals surface area contributed by atoms with Gasteiger partial charge in [0, 0.05) is 60.6 Å². The zero-order valence-electron chi connectivity index (χ0n) is 16.0. The standard InChI is InChI=1S/C21H21FN4O3/c1-14-18(19-12-15(22)2-7-20(19)23-14)13-21(27)25-10-8-24(9-11-25)16-3-5-17(6-4-16)26(28)29/h2-7,12,23H,8-11,13H2,1H3. The van der Waals surface area contributed by atoms with Crippen molar-refractivity contribution in [3.8, 4) is 0 Å². The number of amides is 1. The lowest BCUT2D eigenvalue weighted by Crippen LogP contribution is -2.49. The van der Waals surface area contributed by atoms with Crippen LogP contribution in [-0.2, 0) is 11.2 Å². The summed E-state index contributed by atoms with van der Waals surface area (Å²) in [5.74, 6) is -0.302. The molecule has 2 heterocycles. The summed E-state index contributed by atoms with van der Waals surface area (Å²) >= 11 is 0. The van der Waals surface area contributed by atoms with Gasteiger partial charge in [0.2, 0.25) is 5.91 Å². The highest BCUT2D eigenvalue weighted by molar-refractivity contribution is 5.90. The van der Waals surface area contributed by atoms with Gasteiger partial charge in [0.1, 0.15) is 5.82 Å². The van der Waals surface area contributed by atoms with Crippen LogP contribution in [-0.4, -0.2) is 46.9 Å². The maximum absolute atomic E-state index is 13.6. The van der Waals surface area contributed by atoms with E-state index in [4.69, 9.17) is 0 Å². The maximum atomic E-state index is 13.6. The number of nitrogens with zero attached hydrogens (tertiary/aromatic N) is 3. The second-order valence-corrected chi connectivity index (χ2v) is 7.24. The Morgan fingerprint density at radius 2 is 1.83 bits per heavy atom. The minimum absolute atomic E-state index is 0.0154. The van der Waals surface area contributed by atoms with Gasteiger partial charge < -0.3 is 14.8 Å². The molecule has 8 heteroatoms. The fraction of sp³-hybridized carbons (Fsp3) is 0.286. The fourth-order valence-electron chi connectivity index (χ4n) is 3.84. The molecule has 0 aliphatic carbocycles. The molecule has 0 saturated carbocycles. The predicted molar refractivity (Wildman–Crippen MR) is 109 cm³/mol. The summed E-state index contributed by atoms with van der Waals surface area (Å²) in [5, 5.41) is 11.5. The number of aromatic nitrogens is 1. The van der Waals surface area contributed by atoms with Crippen molar-refractivity contribution in [1.82, 2.24) is 9.88 Å². The molecule has 1 aromatic heterocycles. The van der Waals surface area contributed by atoms with E-state index >= 15 is 0 Å². The Bertz CT molecular complexity index is 1070. The highest BCUT2D eigenvalue weighted by atomic mass is 19.1. The summed E-state index contributed by atoms with van der Waals surface area (Å²) in [6, 6.07) is 11.0. The van der Waals surface area contributed by atoms with Crippen molar-refractivity contribution in [2.24, 2.45) is 0 Å². The Hall–Kier alpha value is -3.42. The molecule has 1 aliphatic heterocycles. The molecule has 3 aromatic rings. The van der Waals surface area contributed by atoms with E-state index in [0.717, 1.165) is 27.8 Å². The van der Waals surface area contributed by atoms with E-state index in [1.807, 2.05) is 11.8 Å². The molecule has 0 spiro atoms. The fourth-order valence-corrected chi connectivity index (χ4v) is 3.84. The molecule has 150 valence electrons. The topological polar surface area (TPSA) is 82.5 Å². The van der Waals surface area contributed by atoms with Gasteiger partial charge in [-0.3, -0.25) is 14.9 Å². The molecule has 1 amide bonds. The predicted octanol–water partition coefficient (Wildman–Crippen LogP) is 3.41. The van der Waals surface area contributed by atoms with Crippen LogP contribution in [0.4, 0.5) is 15.8 Å². The van der Waals surface area contributed by atoms with Crippen LogP contribution < -0.4 is 4.90 Å². The smallest absolute Gasteiger partial charge is 0.269 e. The highest BCUT2D eigenvalue weighted by Crippen LogP contribution is 2.25. The summed E-state index contributed by atoms with van der Waals surface area (Å²) in [4.78, 5) is 30.3. The van der Waals surface area contributed by atoms with E-state index < -0.39 is 4.92 Å². The van der Waals surface area contributed by atoms with Gasteiger partial charge >= 0.3 is 0 Å². The Labute approximate surface area is 166 Å². The van der Waals surface area contributed by atoms with Crippen LogP contribution in [0.15, 0.2) is 42.5 Å². The first-order valence-electron chi connectivity index (χ1n) is 9.46. The van der Waals surface area contributed by atoms with Crippen molar-refractivity contribution in [2.75, 3.05) is 31.1 Å². The molecule has 29 heavy (non-hydrogen) atoms. The van der Waals surface area contributed by atoms with Gasteiger partial charge in [-0.25, -0.2) is 4.39 Å². The molecule has 1 aliphatic rings. The average Bonchev–Trinajstić information content (AvgIpc) is 3.03. The van der Waals surface area contributed by atoms with Crippen molar-refractivity contribution in [2.45, 2.75) is 13.3 Å². The number of piperazine rings is 1. The number of nitrogens with one attached hydrogen (secondary N) is 1. The van der Waals surface area contributed by atoms with Crippen molar-refractivity contribution in [3.63, 3.8) is 0 Å². The normalized spacial score (nSPS) is 14.4. The highest BCUT2D eigenvalue weighted by Gasteiger charge is 2.23. The second kappa shape index (κ2) is 7.54. The number of rotatable bonds is 4. The maximum Gasteiger partial charge on any atom is 0.269 e. The third kappa shape index (κ3) is 3.78. The largest absolute Gasteiger partial charge is 0.368 e. The number of anilines is 1. The molecular formula is C21H21FN4O3. The number of aromatic amines is 1. The number of aryl methyl sites for hydroxylation is 1. The number of hydrogen-bond acceptors (Lipinski definition) is 4. The van der Waals surface area contributed by atoms with Crippen molar-refractivity contribution < 1.29 is 14.1 Å². The number of non-ortho nitro benzene ring substituents is 1. The molecule has 1 N–H and O–H groups in total. The third-order valence-corrected chi connectivity index (χ3v) is 5.47. The molecule has 0 radical (unpaired) electrons. The Balaban J connectivity index is 1.41. The van der Waals surface area contributed by atoms with Crippen LogP contribution in [0.25, 0.3) is 10.9 Å². The van der Waals surface area contributed by atoms with Crippen LogP contribution >= 0.6 is 0 Å². The number of halogens is 1. The van der Waals surface area contributed by atoms with Gasteiger partial charge in [0.05, 0.1) is 11.3 Å². The lowest BCUT2D eigenvalue weighted by Gasteiger charge is -2.36. The molecule has 0 unspecified atom stereocenters. The van der Waals surface area contributed by atoms with E-state index in [1.165, 1.54) is 24.3 Å². The quantitative estimate of drug-likeness (QED) is 0.541. The van der Waals surface area contributed by atoms with Gasteiger partial charge in [0.25, 0.3) is 5.69 Å². The molecule has 0 atom stereocenters. The van der Waals surface area contributed by atoms with Crippen molar-refractivity contribution in [1.29, 1.82) is 0 Å². The molecule has 2 aromatic carbocycles. The van der Waals surface area contributed by atoms with Crippen molar-refractivity contribution in [3.05, 3.63) is 69.7 Å². The van der Waals surface area contributed by atoms with Gasteiger partial charge in [-0.2, -0.15) is 0 Å². The van der Waals surface area contributed by atoms with E-state index in [-0.39, 0.29) is 23.8 Å². The number of nitro groups is 1. The first-order chi connectivity index (χ1) is 13.9. The van der Waals surface area contributed by atoms with Crippen molar-refractivity contribution >= 4 is 28.2 Å². The summed E-state index contributed by atoms with van der Waals surface area (Å²) in [6.45, 7) is 4.36. The Morgan fingerprint density at radius 3 is 2.48 bits per heavy atom. The van der Waals surface area contributed by atoms with Crippen LogP contribution in [0.3, 0.4) is 0 Å². The Morgan fingerprint density at radius 1 is 1.14 bits per heavy atom. The van der Waals surface area contributed by atoms with E-state index in [1.54, 1.807) is 18.2 Å². The summed E-state index contributed by atoms with van der Waals surface area (Å²) < 4.78 is 13.6. The second-order valence-electron chi connectivity index (χ2n) is 7.24. The first-order valence-corrected chi connectivity index (χ1v) is 9.46. The number of carbonyl (C=O) groups is 1. The lowest BCUT2D eigenvalue weighted by atomic mass is 10.1. The summed E-state index contributed by atoms with van der Waals surface area (Å²) in [6.07, 6.45) is 0.229. The van der Waals surface area contributed by atoms with Gasteiger partial charge in [-0.15, -0.1) is 0 Å². The molecule has 0 bridgehead atoms. The van der Waals surface area contributed by atoms with Gasteiger partial charge in [0.15, 0.2) is 0 Å². The number of nitro benzene ring substituents is 1. The van der Waals surface area contributed by atoms with Crippen LogP contribution in [0.1, 0.15) is 11.3 Å². The molecule has 1 fully saturated rings. The zero-order valence-corrected chi connectivity index (χ0v) is 16.0. The first kappa shape index (κ1) is 18.9. The number of fused-ring (bicyclic) bond motifs is 1. The molecular weight excluding hydrogens is 375 g/mol. The Kier molecular flexibility index (Phi) is 4.92. The third-order valence-electron chi connectivity index (χ3n) is 5.47. The molecule has 4 rings (SSSR count). The lowest BCUT2D eigenvalue weighted by molar-refractivity contribution is -0.384. The number of carbonyl (C=O) groups excluding carboxylic acids is 1. The van der Waals surface area contributed by atoms with Crippen LogP contribution in [0, 0.1) is 22.9 Å². The van der Waals surface area contributed by atoms with E-state index in [2.05, 4.69) is 9.88 Å². The minimum Gasteiger partial charge on any atom is -0.368 e. The number of H-pyrrole nitrogens is 1. The average molecular weight is 396 g/mol. The van der Waals surface area contributed by atoms with E-state index in [9.17, 15) is 19.3 Å². The van der Waals surface area contributed by atoms with Gasteiger partial charge in [-0.1, -0.05) is 0 Å².